The molecule has 7 heteroatoms. The number of carbonyl (C=O) groups excluding carboxylic acids is 2. The summed E-state index contributed by atoms with van der Waals surface area (Å²) in [7, 11) is 0. The highest BCUT2D eigenvalue weighted by Gasteiger charge is 2.26. The Bertz CT molecular complexity index is 827. The number of hydrogen-bond acceptors (Lipinski definition) is 2. The average molecular weight is 428 g/mol. The SMILES string of the molecule is CCNC(=O)[C@@H](C)N(Cc1ccccc1Cl)C(=O)Cc1ccc(Cl)cc1Cl. The fourth-order valence-corrected chi connectivity index (χ4v) is 3.32. The fourth-order valence-electron chi connectivity index (χ4n) is 2.64. The zero-order valence-electron chi connectivity index (χ0n) is 15.1. The van der Waals surface area contributed by atoms with Gasteiger partial charge >= 0.3 is 0 Å². The van der Waals surface area contributed by atoms with E-state index in [1.807, 2.05) is 25.1 Å². The molecule has 1 atom stereocenters. The highest BCUT2D eigenvalue weighted by Crippen LogP contribution is 2.23. The van der Waals surface area contributed by atoms with Crippen molar-refractivity contribution in [2.75, 3.05) is 6.54 Å². The number of carbonyl (C=O) groups is 2. The number of hydrogen-bond donors (Lipinski definition) is 1. The number of nitrogens with one attached hydrogen (secondary N) is 1. The van der Waals surface area contributed by atoms with E-state index in [1.54, 1.807) is 31.2 Å². The van der Waals surface area contributed by atoms with E-state index >= 15 is 0 Å². The van der Waals surface area contributed by atoms with Gasteiger partial charge in [-0.1, -0.05) is 59.1 Å². The zero-order valence-corrected chi connectivity index (χ0v) is 17.4. The van der Waals surface area contributed by atoms with Crippen LogP contribution in [0.2, 0.25) is 15.1 Å². The van der Waals surface area contributed by atoms with Crippen LogP contribution in [0.5, 0.6) is 0 Å². The lowest BCUT2D eigenvalue weighted by Gasteiger charge is -2.29. The molecule has 0 saturated heterocycles. The lowest BCUT2D eigenvalue weighted by atomic mass is 10.1. The molecule has 0 saturated carbocycles. The average Bonchev–Trinajstić information content (AvgIpc) is 2.63. The second kappa shape index (κ2) is 9.98. The van der Waals surface area contributed by atoms with Crippen LogP contribution < -0.4 is 5.32 Å². The van der Waals surface area contributed by atoms with E-state index in [-0.39, 0.29) is 24.8 Å². The van der Waals surface area contributed by atoms with Crippen LogP contribution in [-0.2, 0) is 22.6 Å². The van der Waals surface area contributed by atoms with Crippen LogP contribution >= 0.6 is 34.8 Å². The maximum absolute atomic E-state index is 13.0. The van der Waals surface area contributed by atoms with Gasteiger partial charge in [0.2, 0.25) is 11.8 Å². The van der Waals surface area contributed by atoms with Gasteiger partial charge in [0.15, 0.2) is 0 Å². The van der Waals surface area contributed by atoms with Crippen molar-refractivity contribution in [2.24, 2.45) is 0 Å². The van der Waals surface area contributed by atoms with E-state index in [4.69, 9.17) is 34.8 Å². The molecule has 27 heavy (non-hydrogen) atoms. The molecule has 0 unspecified atom stereocenters. The predicted molar refractivity (Wildman–Crippen MR) is 110 cm³/mol. The molecule has 2 amide bonds. The third-order valence-corrected chi connectivity index (χ3v) is 5.13. The standard InChI is InChI=1S/C20H21Cl3N2O2/c1-3-24-20(27)13(2)25(12-15-6-4-5-7-17(15)22)19(26)10-14-8-9-16(21)11-18(14)23/h4-9,11,13H,3,10,12H2,1-2H3,(H,24,27)/t13-/m1/s1. The number of halogens is 3. The minimum Gasteiger partial charge on any atom is -0.355 e. The van der Waals surface area contributed by atoms with Gasteiger partial charge in [-0.2, -0.15) is 0 Å². The van der Waals surface area contributed by atoms with Gasteiger partial charge in [-0.15, -0.1) is 0 Å². The molecule has 2 aromatic carbocycles. The van der Waals surface area contributed by atoms with E-state index in [0.717, 1.165) is 5.56 Å². The molecule has 0 aliphatic rings. The Morgan fingerprint density at radius 1 is 1.04 bits per heavy atom. The Kier molecular flexibility index (Phi) is 7.96. The lowest BCUT2D eigenvalue weighted by Crippen LogP contribution is -2.48. The molecule has 0 aliphatic heterocycles. The van der Waals surface area contributed by atoms with E-state index in [2.05, 4.69) is 5.32 Å². The first-order chi connectivity index (χ1) is 12.8. The van der Waals surface area contributed by atoms with Gasteiger partial charge in [-0.3, -0.25) is 9.59 Å². The monoisotopic (exact) mass is 426 g/mol. The molecule has 144 valence electrons. The molecule has 0 aromatic heterocycles. The van der Waals surface area contributed by atoms with Gasteiger partial charge in [0.25, 0.3) is 0 Å². The van der Waals surface area contributed by atoms with Crippen LogP contribution in [0.15, 0.2) is 42.5 Å². The smallest absolute Gasteiger partial charge is 0.242 e. The molecular formula is C20H21Cl3N2O2. The Morgan fingerprint density at radius 2 is 1.74 bits per heavy atom. The quantitative estimate of drug-likeness (QED) is 0.693. The molecule has 0 bridgehead atoms. The first-order valence-corrected chi connectivity index (χ1v) is 9.71. The van der Waals surface area contributed by atoms with Gasteiger partial charge in [-0.25, -0.2) is 0 Å². The minimum absolute atomic E-state index is 0.0597. The molecule has 0 radical (unpaired) electrons. The van der Waals surface area contributed by atoms with E-state index in [1.165, 1.54) is 4.90 Å². The number of amides is 2. The predicted octanol–water partition coefficient (Wildman–Crippen LogP) is 4.74. The van der Waals surface area contributed by atoms with Crippen molar-refractivity contribution in [1.82, 2.24) is 10.2 Å². The molecule has 4 nitrogen and oxygen atoms in total. The minimum atomic E-state index is -0.653. The van der Waals surface area contributed by atoms with Crippen molar-refractivity contribution in [1.29, 1.82) is 0 Å². The second-order valence-corrected chi connectivity index (χ2v) is 7.35. The van der Waals surface area contributed by atoms with Crippen molar-refractivity contribution in [2.45, 2.75) is 32.9 Å². The summed E-state index contributed by atoms with van der Waals surface area (Å²) >= 11 is 18.4. The second-order valence-electron chi connectivity index (χ2n) is 6.10. The lowest BCUT2D eigenvalue weighted by molar-refractivity contribution is -0.140. The van der Waals surface area contributed by atoms with E-state index in [0.29, 0.717) is 27.2 Å². The summed E-state index contributed by atoms with van der Waals surface area (Å²) in [5, 5.41) is 4.21. The Morgan fingerprint density at radius 3 is 2.37 bits per heavy atom. The van der Waals surface area contributed by atoms with Crippen LogP contribution in [-0.4, -0.2) is 29.3 Å². The summed E-state index contributed by atoms with van der Waals surface area (Å²) < 4.78 is 0. The van der Waals surface area contributed by atoms with Gasteiger partial charge < -0.3 is 10.2 Å². The molecule has 0 heterocycles. The van der Waals surface area contributed by atoms with E-state index < -0.39 is 6.04 Å². The third-order valence-electron chi connectivity index (χ3n) is 4.17. The topological polar surface area (TPSA) is 49.4 Å². The first kappa shape index (κ1) is 21.5. The molecule has 1 N–H and O–H groups in total. The van der Waals surface area contributed by atoms with Gasteiger partial charge in [-0.05, 0) is 43.2 Å². The Balaban J connectivity index is 2.28. The van der Waals surface area contributed by atoms with Crippen LogP contribution in [0, 0.1) is 0 Å². The molecule has 0 aliphatic carbocycles. The molecule has 0 spiro atoms. The summed E-state index contributed by atoms with van der Waals surface area (Å²) in [4.78, 5) is 26.9. The highest BCUT2D eigenvalue weighted by molar-refractivity contribution is 6.35. The number of rotatable bonds is 7. The van der Waals surface area contributed by atoms with Crippen LogP contribution in [0.1, 0.15) is 25.0 Å². The third kappa shape index (κ3) is 5.86. The van der Waals surface area contributed by atoms with Gasteiger partial charge in [0, 0.05) is 28.2 Å². The largest absolute Gasteiger partial charge is 0.355 e. The normalized spacial score (nSPS) is 11.7. The molecular weight excluding hydrogens is 407 g/mol. The molecule has 0 fully saturated rings. The summed E-state index contributed by atoms with van der Waals surface area (Å²) in [6.07, 6.45) is 0.0597. The van der Waals surface area contributed by atoms with Gasteiger partial charge in [0.05, 0.1) is 6.42 Å². The van der Waals surface area contributed by atoms with Crippen molar-refractivity contribution < 1.29 is 9.59 Å². The number of likely N-dealkylation sites (N-methyl/N-ethyl adjacent to an activating group) is 1. The van der Waals surface area contributed by atoms with Crippen molar-refractivity contribution >= 4 is 46.6 Å². The first-order valence-electron chi connectivity index (χ1n) is 8.58. The van der Waals surface area contributed by atoms with Crippen LogP contribution in [0.3, 0.4) is 0 Å². The van der Waals surface area contributed by atoms with Gasteiger partial charge in [0.1, 0.15) is 6.04 Å². The number of benzene rings is 2. The van der Waals surface area contributed by atoms with Crippen LogP contribution in [0.25, 0.3) is 0 Å². The fraction of sp³-hybridized carbons (Fsp3) is 0.300. The zero-order chi connectivity index (χ0) is 20.0. The van der Waals surface area contributed by atoms with E-state index in [9.17, 15) is 9.59 Å². The summed E-state index contributed by atoms with van der Waals surface area (Å²) in [6.45, 7) is 4.24. The molecule has 2 rings (SSSR count). The van der Waals surface area contributed by atoms with Crippen LogP contribution in [0.4, 0.5) is 0 Å². The van der Waals surface area contributed by atoms with Crippen molar-refractivity contribution in [3.05, 3.63) is 68.7 Å². The molecule has 2 aromatic rings. The Labute approximate surface area is 174 Å². The summed E-state index contributed by atoms with van der Waals surface area (Å²) in [5.74, 6) is -0.446. The number of nitrogens with zero attached hydrogens (tertiary/aromatic N) is 1. The maximum Gasteiger partial charge on any atom is 0.242 e. The summed E-state index contributed by atoms with van der Waals surface area (Å²) in [6, 6.07) is 11.6. The highest BCUT2D eigenvalue weighted by atomic mass is 35.5. The van der Waals surface area contributed by atoms with Crippen molar-refractivity contribution in [3.63, 3.8) is 0 Å². The summed E-state index contributed by atoms with van der Waals surface area (Å²) in [5.41, 5.74) is 1.42. The Hall–Kier alpha value is -1.75. The maximum atomic E-state index is 13.0. The van der Waals surface area contributed by atoms with Crippen molar-refractivity contribution in [3.8, 4) is 0 Å².